The molecule has 6 rings (SSSR count). The van der Waals surface area contributed by atoms with Gasteiger partial charge in [0.1, 0.15) is 0 Å². The van der Waals surface area contributed by atoms with Crippen LogP contribution in [0, 0.1) is 0 Å². The Balaban J connectivity index is 1.81. The molecule has 0 bridgehead atoms. The van der Waals surface area contributed by atoms with Crippen molar-refractivity contribution in [2.24, 2.45) is 0 Å². The Morgan fingerprint density at radius 2 is 0.452 bits per heavy atom. The Morgan fingerprint density at radius 1 is 0.310 bits per heavy atom. The summed E-state index contributed by atoms with van der Waals surface area (Å²) in [5.74, 6) is 0. The van der Waals surface area contributed by atoms with Crippen LogP contribution in [0.25, 0.3) is 0 Å². The molecule has 42 heavy (non-hydrogen) atoms. The van der Waals surface area contributed by atoms with Crippen LogP contribution in [0.2, 0.25) is 0 Å². The molecule has 0 aromatic heterocycles. The van der Waals surface area contributed by atoms with E-state index >= 15 is 0 Å². The van der Waals surface area contributed by atoms with Crippen molar-refractivity contribution in [2.45, 2.75) is 0 Å². The average molecular weight is 797 g/mol. The zero-order chi connectivity index (χ0) is 28.9. The van der Waals surface area contributed by atoms with Crippen LogP contribution in [0.3, 0.4) is 0 Å². The summed E-state index contributed by atoms with van der Waals surface area (Å²) in [5, 5.41) is 7.98. The molecule has 0 saturated heterocycles. The second kappa shape index (κ2) is 13.4. The molecule has 0 amide bonds. The summed E-state index contributed by atoms with van der Waals surface area (Å²) in [4.78, 5) is 0. The van der Waals surface area contributed by atoms with Gasteiger partial charge < -0.3 is 0 Å². The molecule has 0 saturated carbocycles. The number of hydrogen-bond donors (Lipinski definition) is 0. The maximum absolute atomic E-state index is 9.11. The summed E-state index contributed by atoms with van der Waals surface area (Å²) in [6.45, 7) is 0. The number of hydrogen-bond acceptors (Lipinski definition) is 0. The fourth-order valence-electron chi connectivity index (χ4n) is 4.79. The van der Waals surface area contributed by atoms with Crippen LogP contribution in [-0.2, 0) is 24.5 Å². The molecule has 0 aliphatic heterocycles. The summed E-state index contributed by atoms with van der Waals surface area (Å²) in [6, 6.07) is 66.5. The third-order valence-corrected chi connectivity index (χ3v) is 63.8. The Hall–Kier alpha value is -1.85. The Labute approximate surface area is 264 Å². The van der Waals surface area contributed by atoms with Crippen molar-refractivity contribution in [3.8, 4) is 0 Å². The summed E-state index contributed by atoms with van der Waals surface area (Å²) in [5.41, 5.74) is 0. The third kappa shape index (κ3) is 5.94. The first-order chi connectivity index (χ1) is 20.6. The van der Waals surface area contributed by atoms with Gasteiger partial charge in [0.15, 0.2) is 0 Å². The minimum absolute atomic E-state index is 1.01. The summed E-state index contributed by atoms with van der Waals surface area (Å²) in [6.07, 6.45) is -3.02. The average Bonchev–Trinajstić information content (AvgIpc) is 3.04. The van der Waals surface area contributed by atoms with Crippen molar-refractivity contribution in [3.63, 3.8) is 0 Å². The van der Waals surface area contributed by atoms with Crippen molar-refractivity contribution in [2.75, 3.05) is 0 Å². The van der Waals surface area contributed by atoms with Gasteiger partial charge >= 0.3 is 267 Å². The molecule has 0 atom stereocenters. The fourth-order valence-corrected chi connectivity index (χ4v) is 75.3. The third-order valence-electron chi connectivity index (χ3n) is 6.55. The molecule has 0 heterocycles. The molecule has 6 heteroatoms. The summed E-state index contributed by atoms with van der Waals surface area (Å²) < 4.78 is 0. The van der Waals surface area contributed by atoms with Gasteiger partial charge in [0.05, 0.1) is 0 Å². The van der Waals surface area contributed by atoms with Gasteiger partial charge in [0.25, 0.3) is 0 Å². The normalized spacial score (nSPS) is 12.8. The zero-order valence-electron chi connectivity index (χ0n) is 22.7. The van der Waals surface area contributed by atoms with Crippen molar-refractivity contribution < 1.29 is 24.5 Å². The molecular formula is C36H30ClP3Rh2. The monoisotopic (exact) mass is 796 g/mol. The topological polar surface area (TPSA) is 0 Å². The quantitative estimate of drug-likeness (QED) is 0.102. The van der Waals surface area contributed by atoms with Gasteiger partial charge in [-0.05, 0) is 0 Å². The van der Waals surface area contributed by atoms with E-state index in [9.17, 15) is 0 Å². The molecule has 6 aromatic rings. The molecule has 0 unspecified atom stereocenters. The van der Waals surface area contributed by atoms with Crippen molar-refractivity contribution in [1.29, 1.82) is 0 Å². The van der Waals surface area contributed by atoms with Gasteiger partial charge in [-0.2, -0.15) is 0 Å². The first-order valence-corrected chi connectivity index (χ1v) is 29.6. The van der Waals surface area contributed by atoms with Crippen LogP contribution in [-0.4, -0.2) is 0 Å². The first kappa shape index (κ1) is 30.2. The second-order valence-corrected chi connectivity index (χ2v) is 59.8. The van der Waals surface area contributed by atoms with E-state index in [1.54, 1.807) is 0 Å². The fraction of sp³-hybridized carbons (Fsp3) is 0. The van der Waals surface area contributed by atoms with Gasteiger partial charge in [0.2, 0.25) is 0 Å². The van der Waals surface area contributed by atoms with E-state index in [4.69, 9.17) is 9.69 Å². The molecule has 0 aliphatic carbocycles. The van der Waals surface area contributed by atoms with Crippen LogP contribution in [0.15, 0.2) is 182 Å². The van der Waals surface area contributed by atoms with Crippen LogP contribution in [0.4, 0.5) is 0 Å². The number of rotatable bonds is 9. The predicted octanol–water partition coefficient (Wildman–Crippen LogP) is 8.44. The van der Waals surface area contributed by atoms with Crippen molar-refractivity contribution in [3.05, 3.63) is 182 Å². The second-order valence-electron chi connectivity index (χ2n) is 9.36. The van der Waals surface area contributed by atoms with E-state index in [1.807, 2.05) is 0 Å². The van der Waals surface area contributed by atoms with Crippen molar-refractivity contribution >= 4 is 60.3 Å². The molecule has 6 aromatic carbocycles. The van der Waals surface area contributed by atoms with Crippen molar-refractivity contribution in [1.82, 2.24) is 0 Å². The number of halogens is 1. The molecule has 0 fully saturated rings. The molecule has 0 nitrogen and oxygen atoms in total. The van der Waals surface area contributed by atoms with Gasteiger partial charge in [-0.15, -0.1) is 0 Å². The first-order valence-electron chi connectivity index (χ1n) is 13.5. The predicted molar refractivity (Wildman–Crippen MR) is 183 cm³/mol. The van der Waals surface area contributed by atoms with Gasteiger partial charge in [-0.1, -0.05) is 0 Å². The van der Waals surface area contributed by atoms with Gasteiger partial charge in [0, 0.05) is 0 Å². The molecule has 0 aliphatic rings. The van der Waals surface area contributed by atoms with Gasteiger partial charge in [-0.3, -0.25) is 0 Å². The Morgan fingerprint density at radius 3 is 0.595 bits per heavy atom. The van der Waals surface area contributed by atoms with E-state index in [0.29, 0.717) is 0 Å². The Bertz CT molecular complexity index is 1380. The van der Waals surface area contributed by atoms with Crippen LogP contribution in [0.1, 0.15) is 0 Å². The van der Waals surface area contributed by atoms with Crippen LogP contribution >= 0.6 is 28.5 Å². The number of benzene rings is 6. The van der Waals surface area contributed by atoms with E-state index in [1.165, 1.54) is 31.8 Å². The molecular weight excluding hydrogens is 767 g/mol. The van der Waals surface area contributed by atoms with Crippen LogP contribution < -0.4 is 31.8 Å². The minimum atomic E-state index is -4.24. The van der Waals surface area contributed by atoms with Crippen LogP contribution in [0.5, 0.6) is 0 Å². The van der Waals surface area contributed by atoms with E-state index < -0.39 is 27.4 Å². The summed E-state index contributed by atoms with van der Waals surface area (Å²) in [7, 11) is 4.86. The van der Waals surface area contributed by atoms with E-state index in [0.717, 1.165) is 0 Å². The molecule has 0 radical (unpaired) electrons. The van der Waals surface area contributed by atoms with E-state index in [-0.39, 0.29) is 0 Å². The zero-order valence-corrected chi connectivity index (χ0v) is 29.4. The summed E-state index contributed by atoms with van der Waals surface area (Å²) >= 11 is 3.90. The molecule has 0 spiro atoms. The van der Waals surface area contributed by atoms with E-state index in [2.05, 4.69) is 198 Å². The standard InChI is InChI=1S/3C12H10P.ClH.2Rh/c3*1-3-7-11(8-4-1)13-12-9-5-2-6-10-12;;;/h3*1-10H;1H;;/q3*-1;;;+4/p-1. The maximum atomic E-state index is 9.11. The molecule has 214 valence electrons. The van der Waals surface area contributed by atoms with Gasteiger partial charge in [-0.25, -0.2) is 0 Å². The Kier molecular flexibility index (Phi) is 9.65. The molecule has 0 N–H and O–H groups in total. The SMILES string of the molecule is [Cl][Rh]([Rh])([P](c1ccccc1)c1ccccc1)([P](c1ccccc1)c1ccccc1)[P](c1ccccc1)c1ccccc1.